The number of aliphatic hydroxyl groups is 1. The van der Waals surface area contributed by atoms with Crippen LogP contribution in [0.3, 0.4) is 0 Å². The standard InChI is InChI=1S/C14H20N2O3/c1-9-8-11(15-19-9)14(18)16-7-3-5-12(16)10-4-2-6-13(10)17/h8,10,12-13,17H,2-7H2,1H3. The Labute approximate surface area is 112 Å². The fourth-order valence-electron chi connectivity index (χ4n) is 3.52. The molecule has 2 aliphatic rings. The zero-order valence-corrected chi connectivity index (χ0v) is 11.2. The maximum atomic E-state index is 12.5. The first-order valence-electron chi connectivity index (χ1n) is 7.09. The van der Waals surface area contributed by atoms with Gasteiger partial charge in [0.05, 0.1) is 6.10 Å². The Morgan fingerprint density at radius 2 is 2.26 bits per heavy atom. The van der Waals surface area contributed by atoms with Crippen LogP contribution >= 0.6 is 0 Å². The van der Waals surface area contributed by atoms with Crippen molar-refractivity contribution in [3.63, 3.8) is 0 Å². The first-order chi connectivity index (χ1) is 9.16. The lowest BCUT2D eigenvalue weighted by molar-refractivity contribution is 0.0520. The van der Waals surface area contributed by atoms with Crippen molar-refractivity contribution in [2.24, 2.45) is 5.92 Å². The largest absolute Gasteiger partial charge is 0.393 e. The van der Waals surface area contributed by atoms with Gasteiger partial charge in [0.2, 0.25) is 0 Å². The van der Waals surface area contributed by atoms with Gasteiger partial charge in [-0.25, -0.2) is 0 Å². The van der Waals surface area contributed by atoms with Crippen LogP contribution in [0.25, 0.3) is 0 Å². The van der Waals surface area contributed by atoms with Crippen molar-refractivity contribution < 1.29 is 14.4 Å². The quantitative estimate of drug-likeness (QED) is 0.883. The Morgan fingerprint density at radius 1 is 1.42 bits per heavy atom. The molecule has 1 aromatic rings. The summed E-state index contributed by atoms with van der Waals surface area (Å²) in [5.41, 5.74) is 0.386. The summed E-state index contributed by atoms with van der Waals surface area (Å²) in [6.07, 6.45) is 4.70. The van der Waals surface area contributed by atoms with Crippen LogP contribution in [-0.2, 0) is 0 Å². The molecule has 1 saturated heterocycles. The molecule has 1 aliphatic carbocycles. The average Bonchev–Trinajstić information content (AvgIpc) is 3.07. The molecule has 0 bridgehead atoms. The number of carbonyl (C=O) groups excluding carboxylic acids is 1. The Bertz CT molecular complexity index is 471. The second-order valence-corrected chi connectivity index (χ2v) is 5.69. The van der Waals surface area contributed by atoms with E-state index < -0.39 is 0 Å². The van der Waals surface area contributed by atoms with Crippen molar-refractivity contribution in [2.45, 2.75) is 51.2 Å². The molecule has 1 saturated carbocycles. The zero-order valence-electron chi connectivity index (χ0n) is 11.2. The minimum absolute atomic E-state index is 0.0570. The molecule has 0 aromatic carbocycles. The summed E-state index contributed by atoms with van der Waals surface area (Å²) in [5, 5.41) is 13.9. The summed E-state index contributed by atoms with van der Waals surface area (Å²) in [7, 11) is 0. The van der Waals surface area contributed by atoms with Gasteiger partial charge in [-0.3, -0.25) is 4.79 Å². The molecule has 2 fully saturated rings. The fourth-order valence-corrected chi connectivity index (χ4v) is 3.52. The molecule has 1 N–H and O–H groups in total. The molecule has 19 heavy (non-hydrogen) atoms. The Hall–Kier alpha value is -1.36. The van der Waals surface area contributed by atoms with Crippen LogP contribution in [-0.4, -0.2) is 39.8 Å². The van der Waals surface area contributed by atoms with Gasteiger partial charge in [-0.15, -0.1) is 0 Å². The Balaban J connectivity index is 1.77. The third-order valence-electron chi connectivity index (χ3n) is 4.43. The highest BCUT2D eigenvalue weighted by Crippen LogP contribution is 2.36. The number of aromatic nitrogens is 1. The number of amides is 1. The van der Waals surface area contributed by atoms with Gasteiger partial charge in [0.25, 0.3) is 5.91 Å². The van der Waals surface area contributed by atoms with Crippen LogP contribution in [0.2, 0.25) is 0 Å². The molecule has 104 valence electrons. The zero-order chi connectivity index (χ0) is 13.4. The van der Waals surface area contributed by atoms with Gasteiger partial charge >= 0.3 is 0 Å². The fraction of sp³-hybridized carbons (Fsp3) is 0.714. The van der Waals surface area contributed by atoms with E-state index in [0.717, 1.165) is 38.6 Å². The van der Waals surface area contributed by atoms with Gasteiger partial charge in [-0.1, -0.05) is 11.6 Å². The van der Waals surface area contributed by atoms with Gasteiger partial charge in [0, 0.05) is 24.6 Å². The van der Waals surface area contributed by atoms with E-state index in [-0.39, 0.29) is 24.0 Å². The van der Waals surface area contributed by atoms with Gasteiger partial charge in [0.15, 0.2) is 5.69 Å². The molecule has 3 rings (SSSR count). The molecule has 3 atom stereocenters. The first kappa shape index (κ1) is 12.7. The molecule has 2 heterocycles. The second-order valence-electron chi connectivity index (χ2n) is 5.69. The van der Waals surface area contributed by atoms with Crippen LogP contribution in [0.1, 0.15) is 48.4 Å². The van der Waals surface area contributed by atoms with Crippen LogP contribution in [0.4, 0.5) is 0 Å². The first-order valence-corrected chi connectivity index (χ1v) is 7.09. The van der Waals surface area contributed by atoms with E-state index in [4.69, 9.17) is 4.52 Å². The summed E-state index contributed by atoms with van der Waals surface area (Å²) in [4.78, 5) is 14.3. The number of hydrogen-bond donors (Lipinski definition) is 1. The minimum Gasteiger partial charge on any atom is -0.393 e. The van der Waals surface area contributed by atoms with E-state index in [1.165, 1.54) is 0 Å². The Kier molecular flexibility index (Phi) is 3.31. The molecule has 0 radical (unpaired) electrons. The van der Waals surface area contributed by atoms with Crippen LogP contribution < -0.4 is 0 Å². The molecule has 3 unspecified atom stereocenters. The maximum Gasteiger partial charge on any atom is 0.276 e. The van der Waals surface area contributed by atoms with Crippen molar-refractivity contribution in [3.8, 4) is 0 Å². The number of aliphatic hydroxyl groups excluding tert-OH is 1. The van der Waals surface area contributed by atoms with E-state index >= 15 is 0 Å². The van der Waals surface area contributed by atoms with E-state index in [2.05, 4.69) is 5.16 Å². The topological polar surface area (TPSA) is 66.6 Å². The Morgan fingerprint density at radius 3 is 2.89 bits per heavy atom. The van der Waals surface area contributed by atoms with Crippen LogP contribution in [0.15, 0.2) is 10.6 Å². The van der Waals surface area contributed by atoms with E-state index in [1.54, 1.807) is 13.0 Å². The normalized spacial score (nSPS) is 31.1. The third-order valence-corrected chi connectivity index (χ3v) is 4.43. The smallest absolute Gasteiger partial charge is 0.276 e. The SMILES string of the molecule is Cc1cc(C(=O)N2CCCC2C2CCCC2O)no1. The molecular weight excluding hydrogens is 244 g/mol. The molecule has 1 amide bonds. The van der Waals surface area contributed by atoms with Gasteiger partial charge in [0.1, 0.15) is 5.76 Å². The molecule has 1 aromatic heterocycles. The number of aryl methyl sites for hydroxylation is 1. The number of nitrogens with zero attached hydrogens (tertiary/aromatic N) is 2. The van der Waals surface area contributed by atoms with Crippen molar-refractivity contribution >= 4 is 5.91 Å². The van der Waals surface area contributed by atoms with Gasteiger partial charge in [-0.2, -0.15) is 0 Å². The highest BCUT2D eigenvalue weighted by Gasteiger charge is 2.40. The predicted octanol–water partition coefficient (Wildman–Crippen LogP) is 1.75. The molecule has 5 nitrogen and oxygen atoms in total. The third kappa shape index (κ3) is 2.27. The van der Waals surface area contributed by atoms with Crippen molar-refractivity contribution in [2.75, 3.05) is 6.54 Å². The van der Waals surface area contributed by atoms with Crippen molar-refractivity contribution in [1.29, 1.82) is 0 Å². The van der Waals surface area contributed by atoms with E-state index in [1.807, 2.05) is 4.90 Å². The van der Waals surface area contributed by atoms with Gasteiger partial charge in [-0.05, 0) is 32.6 Å². The molecule has 0 spiro atoms. The number of carbonyl (C=O) groups is 1. The highest BCUT2D eigenvalue weighted by molar-refractivity contribution is 5.92. The summed E-state index contributed by atoms with van der Waals surface area (Å²) >= 11 is 0. The minimum atomic E-state index is -0.252. The summed E-state index contributed by atoms with van der Waals surface area (Å²) < 4.78 is 4.98. The summed E-state index contributed by atoms with van der Waals surface area (Å²) in [5.74, 6) is 0.831. The summed E-state index contributed by atoms with van der Waals surface area (Å²) in [6, 6.07) is 1.85. The molecule has 5 heteroatoms. The predicted molar refractivity (Wildman–Crippen MR) is 68.6 cm³/mol. The molecular formula is C14H20N2O3. The van der Waals surface area contributed by atoms with Crippen LogP contribution in [0.5, 0.6) is 0 Å². The van der Waals surface area contributed by atoms with Crippen molar-refractivity contribution in [1.82, 2.24) is 10.1 Å². The monoisotopic (exact) mass is 264 g/mol. The lowest BCUT2D eigenvalue weighted by atomic mass is 9.94. The van der Waals surface area contributed by atoms with E-state index in [9.17, 15) is 9.90 Å². The van der Waals surface area contributed by atoms with E-state index in [0.29, 0.717) is 11.5 Å². The summed E-state index contributed by atoms with van der Waals surface area (Å²) in [6.45, 7) is 2.55. The lowest BCUT2D eigenvalue weighted by Gasteiger charge is -2.30. The lowest BCUT2D eigenvalue weighted by Crippen LogP contribution is -2.42. The number of rotatable bonds is 2. The second kappa shape index (κ2) is 4.96. The number of hydrogen-bond acceptors (Lipinski definition) is 4. The average molecular weight is 264 g/mol. The van der Waals surface area contributed by atoms with Crippen LogP contribution in [0, 0.1) is 12.8 Å². The van der Waals surface area contributed by atoms with Crippen molar-refractivity contribution in [3.05, 3.63) is 17.5 Å². The highest BCUT2D eigenvalue weighted by atomic mass is 16.5. The maximum absolute atomic E-state index is 12.5. The van der Waals surface area contributed by atoms with Gasteiger partial charge < -0.3 is 14.5 Å². The number of likely N-dealkylation sites (tertiary alicyclic amines) is 1. The molecule has 1 aliphatic heterocycles.